The van der Waals surface area contributed by atoms with Gasteiger partial charge in [0.25, 0.3) is 0 Å². The van der Waals surface area contributed by atoms with Crippen LogP contribution in [0.15, 0.2) is 24.3 Å². The average Bonchev–Trinajstić information content (AvgIpc) is 2.38. The van der Waals surface area contributed by atoms with Gasteiger partial charge in [0.05, 0.1) is 0 Å². The minimum absolute atomic E-state index is 0.970. The Bertz CT molecular complexity index is 293. The van der Waals surface area contributed by atoms with Crippen molar-refractivity contribution in [3.63, 3.8) is 0 Å². The van der Waals surface area contributed by atoms with Crippen molar-refractivity contribution in [2.45, 2.75) is 63.6 Å². The molecule has 1 heteroatoms. The van der Waals surface area contributed by atoms with Gasteiger partial charge in [0, 0.05) is 5.33 Å². The molecule has 0 aromatic heterocycles. The first kappa shape index (κ1) is 14.8. The third kappa shape index (κ3) is 6.88. The number of alkyl halides is 1. The zero-order valence-electron chi connectivity index (χ0n) is 11.1. The SMILES string of the molecule is CCCCCCCCCc1cccc(CBr)c1. The zero-order chi connectivity index (χ0) is 12.3. The lowest BCUT2D eigenvalue weighted by Crippen LogP contribution is -1.88. The summed E-state index contributed by atoms with van der Waals surface area (Å²) in [6, 6.07) is 8.94. The summed E-state index contributed by atoms with van der Waals surface area (Å²) in [7, 11) is 0. The third-order valence-corrected chi connectivity index (χ3v) is 3.86. The summed E-state index contributed by atoms with van der Waals surface area (Å²) in [6.07, 6.45) is 11.0. The van der Waals surface area contributed by atoms with Gasteiger partial charge in [-0.15, -0.1) is 0 Å². The van der Waals surface area contributed by atoms with Crippen LogP contribution in [0.5, 0.6) is 0 Å². The molecule has 0 N–H and O–H groups in total. The van der Waals surface area contributed by atoms with Crippen molar-refractivity contribution < 1.29 is 0 Å². The van der Waals surface area contributed by atoms with Crippen LogP contribution >= 0.6 is 15.9 Å². The molecule has 0 aliphatic rings. The molecule has 0 fully saturated rings. The van der Waals surface area contributed by atoms with E-state index in [1.807, 2.05) is 0 Å². The fourth-order valence-electron chi connectivity index (χ4n) is 2.15. The van der Waals surface area contributed by atoms with Crippen molar-refractivity contribution in [3.05, 3.63) is 35.4 Å². The van der Waals surface area contributed by atoms with Crippen LogP contribution in [0, 0.1) is 0 Å². The third-order valence-electron chi connectivity index (χ3n) is 3.21. The average molecular weight is 297 g/mol. The molecule has 0 aliphatic carbocycles. The van der Waals surface area contributed by atoms with Gasteiger partial charge in [-0.2, -0.15) is 0 Å². The molecule has 0 saturated carbocycles. The Kier molecular flexibility index (Phi) is 8.42. The Labute approximate surface area is 115 Å². The summed E-state index contributed by atoms with van der Waals surface area (Å²) in [5, 5.41) is 0.970. The zero-order valence-corrected chi connectivity index (χ0v) is 12.6. The van der Waals surface area contributed by atoms with Gasteiger partial charge in [-0.3, -0.25) is 0 Å². The Hall–Kier alpha value is -0.300. The fourth-order valence-corrected chi connectivity index (χ4v) is 2.50. The van der Waals surface area contributed by atoms with E-state index in [0.29, 0.717) is 0 Å². The molecule has 0 unspecified atom stereocenters. The first-order valence-corrected chi connectivity index (χ1v) is 8.12. The van der Waals surface area contributed by atoms with Crippen molar-refractivity contribution in [2.75, 3.05) is 0 Å². The van der Waals surface area contributed by atoms with Gasteiger partial charge in [0.2, 0.25) is 0 Å². The molecule has 17 heavy (non-hydrogen) atoms. The maximum absolute atomic E-state index is 3.51. The topological polar surface area (TPSA) is 0 Å². The van der Waals surface area contributed by atoms with E-state index >= 15 is 0 Å². The second-order valence-corrected chi connectivity index (χ2v) is 5.39. The van der Waals surface area contributed by atoms with Crippen LogP contribution < -0.4 is 0 Å². The van der Waals surface area contributed by atoms with E-state index in [0.717, 1.165) is 5.33 Å². The maximum Gasteiger partial charge on any atom is 0.0283 e. The van der Waals surface area contributed by atoms with Crippen LogP contribution in [-0.2, 0) is 11.8 Å². The number of hydrogen-bond donors (Lipinski definition) is 0. The highest BCUT2D eigenvalue weighted by Crippen LogP contribution is 2.13. The lowest BCUT2D eigenvalue weighted by Gasteiger charge is -2.04. The van der Waals surface area contributed by atoms with Gasteiger partial charge in [0.1, 0.15) is 0 Å². The molecule has 96 valence electrons. The lowest BCUT2D eigenvalue weighted by molar-refractivity contribution is 0.589. The molecule has 0 spiro atoms. The molecule has 0 bridgehead atoms. The molecule has 0 nitrogen and oxygen atoms in total. The van der Waals surface area contributed by atoms with Gasteiger partial charge < -0.3 is 0 Å². The van der Waals surface area contributed by atoms with Crippen molar-refractivity contribution in [1.82, 2.24) is 0 Å². The van der Waals surface area contributed by atoms with Crippen LogP contribution in [0.25, 0.3) is 0 Å². The standard InChI is InChI=1S/C16H25Br/c1-2-3-4-5-6-7-8-10-15-11-9-12-16(13-15)14-17/h9,11-13H,2-8,10,14H2,1H3. The lowest BCUT2D eigenvalue weighted by atomic mass is 10.0. The summed E-state index contributed by atoms with van der Waals surface area (Å²) >= 11 is 3.51. The van der Waals surface area contributed by atoms with E-state index in [1.54, 1.807) is 0 Å². The van der Waals surface area contributed by atoms with E-state index in [4.69, 9.17) is 0 Å². The molecular weight excluding hydrogens is 272 g/mol. The molecular formula is C16H25Br. The Morgan fingerprint density at radius 1 is 0.882 bits per heavy atom. The van der Waals surface area contributed by atoms with Gasteiger partial charge in [-0.25, -0.2) is 0 Å². The minimum atomic E-state index is 0.970. The van der Waals surface area contributed by atoms with E-state index in [9.17, 15) is 0 Å². The smallest absolute Gasteiger partial charge is 0.0283 e. The van der Waals surface area contributed by atoms with E-state index in [2.05, 4.69) is 47.1 Å². The number of halogens is 1. The summed E-state index contributed by atoms with van der Waals surface area (Å²) in [5.74, 6) is 0. The summed E-state index contributed by atoms with van der Waals surface area (Å²) in [4.78, 5) is 0. The van der Waals surface area contributed by atoms with Gasteiger partial charge >= 0.3 is 0 Å². The van der Waals surface area contributed by atoms with Crippen LogP contribution in [0.3, 0.4) is 0 Å². The Morgan fingerprint density at radius 2 is 1.53 bits per heavy atom. The van der Waals surface area contributed by atoms with Crippen LogP contribution in [0.1, 0.15) is 63.0 Å². The molecule has 1 aromatic carbocycles. The normalized spacial score (nSPS) is 10.7. The molecule has 0 atom stereocenters. The van der Waals surface area contributed by atoms with Crippen molar-refractivity contribution in [1.29, 1.82) is 0 Å². The second-order valence-electron chi connectivity index (χ2n) is 4.82. The highest BCUT2D eigenvalue weighted by molar-refractivity contribution is 9.08. The van der Waals surface area contributed by atoms with Gasteiger partial charge in [0.15, 0.2) is 0 Å². The van der Waals surface area contributed by atoms with Gasteiger partial charge in [-0.05, 0) is 24.0 Å². The van der Waals surface area contributed by atoms with Crippen molar-refractivity contribution in [2.24, 2.45) is 0 Å². The van der Waals surface area contributed by atoms with E-state index in [1.165, 1.54) is 62.5 Å². The monoisotopic (exact) mass is 296 g/mol. The summed E-state index contributed by atoms with van der Waals surface area (Å²) in [6.45, 7) is 2.27. The predicted octanol–water partition coefficient (Wildman–Crippen LogP) is 5.87. The number of hydrogen-bond acceptors (Lipinski definition) is 0. The Balaban J connectivity index is 2.09. The quantitative estimate of drug-likeness (QED) is 0.395. The second kappa shape index (κ2) is 9.70. The summed E-state index contributed by atoms with van der Waals surface area (Å²) in [5.41, 5.74) is 2.89. The first-order valence-electron chi connectivity index (χ1n) is 7.00. The molecule has 0 amide bonds. The number of benzene rings is 1. The molecule has 1 rings (SSSR count). The minimum Gasteiger partial charge on any atom is -0.0876 e. The molecule has 0 saturated heterocycles. The molecule has 0 heterocycles. The number of aryl methyl sites for hydroxylation is 1. The van der Waals surface area contributed by atoms with Crippen molar-refractivity contribution >= 4 is 15.9 Å². The van der Waals surface area contributed by atoms with Crippen LogP contribution in [0.2, 0.25) is 0 Å². The molecule has 0 aliphatic heterocycles. The number of rotatable bonds is 9. The Morgan fingerprint density at radius 3 is 2.24 bits per heavy atom. The van der Waals surface area contributed by atoms with Gasteiger partial charge in [-0.1, -0.05) is 85.6 Å². The highest BCUT2D eigenvalue weighted by Gasteiger charge is 1.96. The predicted molar refractivity (Wildman–Crippen MR) is 80.8 cm³/mol. The van der Waals surface area contributed by atoms with Crippen LogP contribution in [0.4, 0.5) is 0 Å². The molecule has 1 aromatic rings. The van der Waals surface area contributed by atoms with E-state index < -0.39 is 0 Å². The summed E-state index contributed by atoms with van der Waals surface area (Å²) < 4.78 is 0. The molecule has 0 radical (unpaired) electrons. The first-order chi connectivity index (χ1) is 8.36. The van der Waals surface area contributed by atoms with Crippen LogP contribution in [-0.4, -0.2) is 0 Å². The maximum atomic E-state index is 3.51. The van der Waals surface area contributed by atoms with Crippen molar-refractivity contribution in [3.8, 4) is 0 Å². The van der Waals surface area contributed by atoms with E-state index in [-0.39, 0.29) is 0 Å². The highest BCUT2D eigenvalue weighted by atomic mass is 79.9. The number of unbranched alkanes of at least 4 members (excludes halogenated alkanes) is 6. The fraction of sp³-hybridized carbons (Fsp3) is 0.625. The largest absolute Gasteiger partial charge is 0.0876 e.